The number of nitrogens with one attached hydrogen (secondary N) is 1. The fraction of sp³-hybridized carbons (Fsp3) is 0.400. The highest BCUT2D eigenvalue weighted by Crippen LogP contribution is 2.22. The molecule has 1 N–H and O–H groups in total. The Hall–Kier alpha value is -0.490. The first kappa shape index (κ1) is 12.6. The van der Waals surface area contributed by atoms with E-state index in [-0.39, 0.29) is 5.82 Å². The number of halogens is 2. The van der Waals surface area contributed by atoms with Gasteiger partial charge in [0.2, 0.25) is 0 Å². The second-order valence-corrected chi connectivity index (χ2v) is 3.86. The lowest BCUT2D eigenvalue weighted by atomic mass is 10.1. The SMILES string of the molecule is COCc1cc(Br)c(F)c(CNOC)c1. The van der Waals surface area contributed by atoms with E-state index < -0.39 is 0 Å². The van der Waals surface area contributed by atoms with Gasteiger partial charge in [0.25, 0.3) is 0 Å². The monoisotopic (exact) mass is 277 g/mol. The number of hydrogen-bond acceptors (Lipinski definition) is 3. The van der Waals surface area contributed by atoms with Gasteiger partial charge in [0.15, 0.2) is 0 Å². The molecule has 1 rings (SSSR count). The van der Waals surface area contributed by atoms with E-state index in [0.717, 1.165) is 5.56 Å². The van der Waals surface area contributed by atoms with Gasteiger partial charge in [-0.3, -0.25) is 0 Å². The molecule has 0 saturated carbocycles. The van der Waals surface area contributed by atoms with Crippen LogP contribution in [-0.2, 0) is 22.7 Å². The fourth-order valence-corrected chi connectivity index (χ4v) is 1.79. The van der Waals surface area contributed by atoms with Crippen molar-refractivity contribution in [1.29, 1.82) is 0 Å². The van der Waals surface area contributed by atoms with Crippen molar-refractivity contribution in [2.75, 3.05) is 14.2 Å². The summed E-state index contributed by atoms with van der Waals surface area (Å²) in [6, 6.07) is 3.45. The molecule has 0 aromatic heterocycles. The molecule has 0 aliphatic heterocycles. The first-order chi connectivity index (χ1) is 7.19. The first-order valence-corrected chi connectivity index (χ1v) is 5.20. The van der Waals surface area contributed by atoms with Crippen molar-refractivity contribution >= 4 is 15.9 Å². The minimum atomic E-state index is -0.278. The van der Waals surface area contributed by atoms with Crippen molar-refractivity contribution in [3.63, 3.8) is 0 Å². The summed E-state index contributed by atoms with van der Waals surface area (Å²) in [6.45, 7) is 0.775. The van der Waals surface area contributed by atoms with Crippen LogP contribution in [0.4, 0.5) is 4.39 Å². The third-order valence-electron chi connectivity index (χ3n) is 1.88. The Kier molecular flexibility index (Phi) is 5.17. The van der Waals surface area contributed by atoms with Crippen molar-refractivity contribution in [1.82, 2.24) is 5.48 Å². The van der Waals surface area contributed by atoms with Crippen LogP contribution in [0.2, 0.25) is 0 Å². The van der Waals surface area contributed by atoms with E-state index in [2.05, 4.69) is 26.2 Å². The summed E-state index contributed by atoms with van der Waals surface area (Å²) in [7, 11) is 3.09. The maximum atomic E-state index is 13.6. The number of methoxy groups -OCH3 is 1. The number of rotatable bonds is 5. The standard InChI is InChI=1S/C10H13BrFNO2/c1-14-6-7-3-8(5-13-15-2)10(12)9(11)4-7/h3-4,13H,5-6H2,1-2H3. The highest BCUT2D eigenvalue weighted by Gasteiger charge is 2.08. The molecular weight excluding hydrogens is 265 g/mol. The molecule has 0 bridgehead atoms. The summed E-state index contributed by atoms with van der Waals surface area (Å²) < 4.78 is 19.0. The normalized spacial score (nSPS) is 10.7. The van der Waals surface area contributed by atoms with Crippen LogP contribution in [0.1, 0.15) is 11.1 Å². The third-order valence-corrected chi connectivity index (χ3v) is 2.46. The number of hydroxylamine groups is 1. The van der Waals surface area contributed by atoms with Crippen molar-refractivity contribution in [2.45, 2.75) is 13.2 Å². The minimum Gasteiger partial charge on any atom is -0.380 e. The zero-order chi connectivity index (χ0) is 11.3. The summed E-state index contributed by atoms with van der Waals surface area (Å²) in [5.41, 5.74) is 4.06. The zero-order valence-electron chi connectivity index (χ0n) is 8.64. The van der Waals surface area contributed by atoms with Crippen LogP contribution in [0, 0.1) is 5.82 Å². The zero-order valence-corrected chi connectivity index (χ0v) is 10.2. The van der Waals surface area contributed by atoms with E-state index in [1.165, 1.54) is 7.11 Å². The minimum absolute atomic E-state index is 0.278. The van der Waals surface area contributed by atoms with Gasteiger partial charge in [-0.2, -0.15) is 5.48 Å². The molecule has 0 atom stereocenters. The van der Waals surface area contributed by atoms with E-state index in [1.54, 1.807) is 19.2 Å². The van der Waals surface area contributed by atoms with Crippen LogP contribution >= 0.6 is 15.9 Å². The second-order valence-electron chi connectivity index (χ2n) is 3.01. The molecular formula is C10H13BrFNO2. The van der Waals surface area contributed by atoms with Crippen LogP contribution in [0.15, 0.2) is 16.6 Å². The summed E-state index contributed by atoms with van der Waals surface area (Å²) >= 11 is 3.16. The fourth-order valence-electron chi connectivity index (χ4n) is 1.24. The Morgan fingerprint density at radius 2 is 2.13 bits per heavy atom. The maximum Gasteiger partial charge on any atom is 0.141 e. The topological polar surface area (TPSA) is 30.5 Å². The molecule has 1 aromatic carbocycles. The van der Waals surface area contributed by atoms with Gasteiger partial charge in [-0.15, -0.1) is 0 Å². The van der Waals surface area contributed by atoms with Gasteiger partial charge in [-0.05, 0) is 33.6 Å². The van der Waals surface area contributed by atoms with Crippen molar-refractivity contribution < 1.29 is 14.0 Å². The van der Waals surface area contributed by atoms with E-state index >= 15 is 0 Å². The molecule has 0 unspecified atom stereocenters. The van der Waals surface area contributed by atoms with Gasteiger partial charge >= 0.3 is 0 Å². The quantitative estimate of drug-likeness (QED) is 0.839. The molecule has 0 saturated heterocycles. The molecule has 1 aromatic rings. The van der Waals surface area contributed by atoms with Crippen LogP contribution in [0.25, 0.3) is 0 Å². The van der Waals surface area contributed by atoms with Gasteiger partial charge < -0.3 is 9.57 Å². The van der Waals surface area contributed by atoms with Crippen LogP contribution in [0.3, 0.4) is 0 Å². The first-order valence-electron chi connectivity index (χ1n) is 4.40. The maximum absolute atomic E-state index is 13.6. The van der Waals surface area contributed by atoms with E-state index in [0.29, 0.717) is 23.2 Å². The van der Waals surface area contributed by atoms with Crippen molar-refractivity contribution in [2.24, 2.45) is 0 Å². The van der Waals surface area contributed by atoms with Gasteiger partial charge in [0, 0.05) is 19.2 Å². The Labute approximate surface area is 96.7 Å². The molecule has 0 spiro atoms. The Balaban J connectivity index is 2.91. The van der Waals surface area contributed by atoms with E-state index in [9.17, 15) is 4.39 Å². The molecule has 3 nitrogen and oxygen atoms in total. The molecule has 0 heterocycles. The van der Waals surface area contributed by atoms with Gasteiger partial charge in [-0.25, -0.2) is 4.39 Å². The highest BCUT2D eigenvalue weighted by molar-refractivity contribution is 9.10. The molecule has 0 aliphatic carbocycles. The summed E-state index contributed by atoms with van der Waals surface area (Å²) in [5, 5.41) is 0. The summed E-state index contributed by atoms with van der Waals surface area (Å²) in [4.78, 5) is 4.68. The predicted molar refractivity (Wildman–Crippen MR) is 58.7 cm³/mol. The molecule has 0 amide bonds. The highest BCUT2D eigenvalue weighted by atomic mass is 79.9. The van der Waals surface area contributed by atoms with Gasteiger partial charge in [-0.1, -0.05) is 0 Å². The lowest BCUT2D eigenvalue weighted by Crippen LogP contribution is -2.12. The molecule has 84 valence electrons. The van der Waals surface area contributed by atoms with Crippen LogP contribution in [0.5, 0.6) is 0 Å². The smallest absolute Gasteiger partial charge is 0.141 e. The average Bonchev–Trinajstić information content (AvgIpc) is 2.21. The second kappa shape index (κ2) is 6.17. The Morgan fingerprint density at radius 3 is 2.73 bits per heavy atom. The van der Waals surface area contributed by atoms with E-state index in [1.807, 2.05) is 0 Å². The molecule has 0 fully saturated rings. The van der Waals surface area contributed by atoms with Crippen LogP contribution in [-0.4, -0.2) is 14.2 Å². The summed E-state index contributed by atoms with van der Waals surface area (Å²) in [5.74, 6) is -0.278. The van der Waals surface area contributed by atoms with Gasteiger partial charge in [0.05, 0.1) is 18.2 Å². The largest absolute Gasteiger partial charge is 0.380 e. The number of benzene rings is 1. The van der Waals surface area contributed by atoms with E-state index in [4.69, 9.17) is 4.74 Å². The number of ether oxygens (including phenoxy) is 1. The van der Waals surface area contributed by atoms with Gasteiger partial charge in [0.1, 0.15) is 5.82 Å². The molecule has 15 heavy (non-hydrogen) atoms. The van der Waals surface area contributed by atoms with Crippen LogP contribution < -0.4 is 5.48 Å². The third kappa shape index (κ3) is 3.53. The summed E-state index contributed by atoms with van der Waals surface area (Å²) in [6.07, 6.45) is 0. The predicted octanol–water partition coefficient (Wildman–Crippen LogP) is 2.39. The van der Waals surface area contributed by atoms with Crippen molar-refractivity contribution in [3.8, 4) is 0 Å². The lowest BCUT2D eigenvalue weighted by Gasteiger charge is -2.08. The number of hydrogen-bond donors (Lipinski definition) is 1. The Bertz CT molecular complexity index is 333. The lowest BCUT2D eigenvalue weighted by molar-refractivity contribution is 0.0858. The Morgan fingerprint density at radius 1 is 1.40 bits per heavy atom. The molecule has 0 aliphatic rings. The molecule has 5 heteroatoms. The molecule has 0 radical (unpaired) electrons. The van der Waals surface area contributed by atoms with Crippen molar-refractivity contribution in [3.05, 3.63) is 33.5 Å². The average molecular weight is 278 g/mol.